The lowest BCUT2D eigenvalue weighted by molar-refractivity contribution is 1.02. The molecular formula is C22H26S. The van der Waals surface area contributed by atoms with Gasteiger partial charge in [0.15, 0.2) is 0 Å². The van der Waals surface area contributed by atoms with Gasteiger partial charge in [-0.1, -0.05) is 73.4 Å². The molecule has 0 aromatic heterocycles. The Morgan fingerprint density at radius 1 is 1.04 bits per heavy atom. The van der Waals surface area contributed by atoms with E-state index in [1.54, 1.807) is 0 Å². The van der Waals surface area contributed by atoms with Gasteiger partial charge in [0.1, 0.15) is 0 Å². The van der Waals surface area contributed by atoms with E-state index in [1.165, 1.54) is 15.4 Å². The molecule has 0 bridgehead atoms. The van der Waals surface area contributed by atoms with Gasteiger partial charge in [-0.2, -0.15) is 10.0 Å². The van der Waals surface area contributed by atoms with Crippen LogP contribution in [-0.4, -0.2) is 6.26 Å². The molecule has 0 nitrogen and oxygen atoms in total. The van der Waals surface area contributed by atoms with Crippen molar-refractivity contribution in [3.8, 4) is 0 Å². The van der Waals surface area contributed by atoms with E-state index in [9.17, 15) is 0 Å². The number of hydrogen-bond donors (Lipinski definition) is 0. The number of rotatable bonds is 6. The SMILES string of the molecule is C=C(C1=CCCC=C1)S(C)(/C=C/C=C\C=C/C)c1ccccc1. The van der Waals surface area contributed by atoms with E-state index in [0.717, 1.165) is 12.8 Å². The Morgan fingerprint density at radius 3 is 2.43 bits per heavy atom. The average molecular weight is 323 g/mol. The van der Waals surface area contributed by atoms with Crippen molar-refractivity contribution in [2.75, 3.05) is 6.26 Å². The average Bonchev–Trinajstić information content (AvgIpc) is 2.62. The van der Waals surface area contributed by atoms with Crippen LogP contribution in [0.5, 0.6) is 0 Å². The Balaban J connectivity index is 2.37. The van der Waals surface area contributed by atoms with Crippen molar-refractivity contribution in [3.63, 3.8) is 0 Å². The minimum Gasteiger partial charge on any atom is -0.170 e. The highest BCUT2D eigenvalue weighted by Crippen LogP contribution is 2.62. The topological polar surface area (TPSA) is 0 Å². The fourth-order valence-electron chi connectivity index (χ4n) is 2.51. The summed E-state index contributed by atoms with van der Waals surface area (Å²) in [5.74, 6) is 0. The number of hydrogen-bond acceptors (Lipinski definition) is 0. The molecule has 0 amide bonds. The highest BCUT2D eigenvalue weighted by Gasteiger charge is 2.23. The van der Waals surface area contributed by atoms with Crippen LogP contribution in [0, 0.1) is 0 Å². The van der Waals surface area contributed by atoms with Gasteiger partial charge in [-0.15, -0.1) is 0 Å². The normalized spacial score (nSPS) is 19.1. The summed E-state index contributed by atoms with van der Waals surface area (Å²) < 4.78 is 0. The van der Waals surface area contributed by atoms with E-state index in [0.29, 0.717) is 0 Å². The van der Waals surface area contributed by atoms with Gasteiger partial charge in [0.25, 0.3) is 0 Å². The van der Waals surface area contributed by atoms with Crippen molar-refractivity contribution in [1.82, 2.24) is 0 Å². The maximum absolute atomic E-state index is 4.47. The van der Waals surface area contributed by atoms with E-state index < -0.39 is 10.0 Å². The lowest BCUT2D eigenvalue weighted by Crippen LogP contribution is -2.01. The molecule has 0 saturated heterocycles. The first-order valence-electron chi connectivity index (χ1n) is 8.04. The molecule has 0 radical (unpaired) electrons. The molecule has 0 saturated carbocycles. The van der Waals surface area contributed by atoms with Gasteiger partial charge >= 0.3 is 0 Å². The predicted molar refractivity (Wildman–Crippen MR) is 107 cm³/mol. The Labute approximate surface area is 142 Å². The smallest absolute Gasteiger partial charge is 0.00263 e. The third-order valence-electron chi connectivity index (χ3n) is 3.94. The first-order chi connectivity index (χ1) is 11.2. The fourth-order valence-corrected chi connectivity index (χ4v) is 4.89. The van der Waals surface area contributed by atoms with Crippen LogP contribution < -0.4 is 0 Å². The van der Waals surface area contributed by atoms with Gasteiger partial charge in [-0.3, -0.25) is 0 Å². The van der Waals surface area contributed by atoms with Crippen molar-refractivity contribution < 1.29 is 0 Å². The predicted octanol–water partition coefficient (Wildman–Crippen LogP) is 6.92. The van der Waals surface area contributed by atoms with Gasteiger partial charge in [0.05, 0.1) is 0 Å². The van der Waals surface area contributed by atoms with Crippen molar-refractivity contribution in [3.05, 3.63) is 101 Å². The van der Waals surface area contributed by atoms with Gasteiger partial charge in [-0.05, 0) is 58.9 Å². The Bertz CT molecular complexity index is 671. The molecule has 0 spiro atoms. The molecule has 0 heterocycles. The molecule has 120 valence electrons. The molecule has 1 aliphatic carbocycles. The summed E-state index contributed by atoms with van der Waals surface area (Å²) >= 11 is 0. The van der Waals surface area contributed by atoms with E-state index in [1.807, 2.05) is 19.1 Å². The molecule has 1 unspecified atom stereocenters. The van der Waals surface area contributed by atoms with Crippen LogP contribution in [0.15, 0.2) is 106 Å². The van der Waals surface area contributed by atoms with Crippen LogP contribution >= 0.6 is 10.0 Å². The van der Waals surface area contributed by atoms with Crippen LogP contribution in [0.2, 0.25) is 0 Å². The molecule has 0 N–H and O–H groups in total. The maximum atomic E-state index is 4.47. The van der Waals surface area contributed by atoms with Crippen LogP contribution in [-0.2, 0) is 0 Å². The summed E-state index contributed by atoms with van der Waals surface area (Å²) in [4.78, 5) is 2.58. The molecule has 1 aliphatic rings. The highest BCUT2D eigenvalue weighted by atomic mass is 32.3. The zero-order valence-corrected chi connectivity index (χ0v) is 14.9. The summed E-state index contributed by atoms with van der Waals surface area (Å²) in [5.41, 5.74) is 1.29. The van der Waals surface area contributed by atoms with Gasteiger partial charge < -0.3 is 0 Å². The maximum Gasteiger partial charge on any atom is -0.00263 e. The molecule has 0 aliphatic heterocycles. The molecule has 1 heteroatoms. The highest BCUT2D eigenvalue weighted by molar-refractivity contribution is 8.38. The first kappa shape index (κ1) is 17.4. The van der Waals surface area contributed by atoms with Crippen molar-refractivity contribution >= 4 is 10.0 Å². The third kappa shape index (κ3) is 4.49. The van der Waals surface area contributed by atoms with Crippen LogP contribution in [0.4, 0.5) is 0 Å². The van der Waals surface area contributed by atoms with Gasteiger partial charge in [0.2, 0.25) is 0 Å². The van der Waals surface area contributed by atoms with E-state index in [4.69, 9.17) is 0 Å². The first-order valence-corrected chi connectivity index (χ1v) is 10.1. The second-order valence-electron chi connectivity index (χ2n) is 5.60. The third-order valence-corrected chi connectivity index (χ3v) is 7.15. The van der Waals surface area contributed by atoms with E-state index in [-0.39, 0.29) is 0 Å². The Hall–Kier alpha value is -1.99. The number of benzene rings is 1. The quantitative estimate of drug-likeness (QED) is 0.499. The zero-order chi connectivity index (χ0) is 16.5. The molecule has 1 aromatic rings. The van der Waals surface area contributed by atoms with Crippen molar-refractivity contribution in [1.29, 1.82) is 0 Å². The Morgan fingerprint density at radius 2 is 1.78 bits per heavy atom. The summed E-state index contributed by atoms with van der Waals surface area (Å²) in [6, 6.07) is 10.7. The molecule has 0 fully saturated rings. The summed E-state index contributed by atoms with van der Waals surface area (Å²) in [5, 5.41) is 2.33. The lowest BCUT2D eigenvalue weighted by atomic mass is 10.1. The zero-order valence-electron chi connectivity index (χ0n) is 14.1. The molecular weight excluding hydrogens is 296 g/mol. The summed E-state index contributed by atoms with van der Waals surface area (Å²) in [7, 11) is -1.25. The standard InChI is InChI=1S/C22H26S/c1-4-5-6-7-14-19-23(3,22-17-12-9-13-18-22)20(2)21-15-10-8-11-16-21/h4-7,9-10,12-19H,2,8,11H2,1,3H3/b5-4-,7-6-,19-14+. The summed E-state index contributed by atoms with van der Waals surface area (Å²) in [6.45, 7) is 6.50. The molecule has 1 atom stereocenters. The minimum atomic E-state index is -1.25. The van der Waals surface area contributed by atoms with Gasteiger partial charge in [0, 0.05) is 0 Å². The monoisotopic (exact) mass is 322 g/mol. The molecule has 2 rings (SSSR count). The van der Waals surface area contributed by atoms with Crippen molar-refractivity contribution in [2.24, 2.45) is 0 Å². The van der Waals surface area contributed by atoms with Crippen LogP contribution in [0.1, 0.15) is 19.8 Å². The largest absolute Gasteiger partial charge is 0.170 e. The van der Waals surface area contributed by atoms with Crippen molar-refractivity contribution in [2.45, 2.75) is 24.7 Å². The van der Waals surface area contributed by atoms with Gasteiger partial charge in [-0.25, -0.2) is 0 Å². The van der Waals surface area contributed by atoms with Crippen LogP contribution in [0.3, 0.4) is 0 Å². The molecule has 1 aromatic carbocycles. The Kier molecular flexibility index (Phi) is 6.49. The molecule has 23 heavy (non-hydrogen) atoms. The van der Waals surface area contributed by atoms with E-state index in [2.05, 4.69) is 85.0 Å². The van der Waals surface area contributed by atoms with Crippen LogP contribution in [0.25, 0.3) is 0 Å². The minimum absolute atomic E-state index is 1.11. The lowest BCUT2D eigenvalue weighted by Gasteiger charge is -2.36. The fraction of sp³-hybridized carbons (Fsp3) is 0.182. The second-order valence-corrected chi connectivity index (χ2v) is 8.80. The summed E-state index contributed by atoms with van der Waals surface area (Å²) in [6.07, 6.45) is 21.7. The number of allylic oxidation sites excluding steroid dienone is 9. The second kappa shape index (κ2) is 8.59. The van der Waals surface area contributed by atoms with E-state index >= 15 is 0 Å².